The summed E-state index contributed by atoms with van der Waals surface area (Å²) in [6.45, 7) is 1.24. The van der Waals surface area contributed by atoms with Gasteiger partial charge in [0.15, 0.2) is 5.67 Å². The number of halogens is 1. The average molecular weight is 349 g/mol. The summed E-state index contributed by atoms with van der Waals surface area (Å²) in [4.78, 5) is 31.8. The minimum absolute atomic E-state index is 0.110. The largest absolute Gasteiger partial charge is 0.376 e. The van der Waals surface area contributed by atoms with Gasteiger partial charge in [-0.1, -0.05) is 0 Å². The van der Waals surface area contributed by atoms with Gasteiger partial charge in [0, 0.05) is 12.7 Å². The average Bonchev–Trinajstić information content (AvgIpc) is 3.41. The van der Waals surface area contributed by atoms with Gasteiger partial charge in [-0.15, -0.1) is 0 Å². The highest BCUT2D eigenvalue weighted by atomic mass is 19.1. The summed E-state index contributed by atoms with van der Waals surface area (Å²) in [6.07, 6.45) is 3.79. The molecule has 1 atom stereocenters. The molecule has 3 heterocycles. The van der Waals surface area contributed by atoms with Crippen LogP contribution in [0.2, 0.25) is 0 Å². The Morgan fingerprint density at radius 1 is 1.32 bits per heavy atom. The Morgan fingerprint density at radius 3 is 2.88 bits per heavy atom. The molecule has 2 amide bonds. The minimum atomic E-state index is -1.72. The van der Waals surface area contributed by atoms with E-state index in [9.17, 15) is 14.0 Å². The van der Waals surface area contributed by atoms with Crippen LogP contribution in [-0.4, -0.2) is 72.4 Å². The zero-order valence-electron chi connectivity index (χ0n) is 13.8. The van der Waals surface area contributed by atoms with Gasteiger partial charge >= 0.3 is 0 Å². The number of pyridine rings is 1. The molecule has 3 aliphatic rings. The predicted octanol–water partition coefficient (Wildman–Crippen LogP) is 0.544. The maximum atomic E-state index is 14.2. The number of aromatic nitrogens is 1. The Morgan fingerprint density at radius 2 is 2.16 bits per heavy atom. The molecule has 1 aromatic rings. The Balaban J connectivity index is 1.56. The Hall–Kier alpha value is -2.06. The first-order valence-electron chi connectivity index (χ1n) is 8.42. The number of morpholine rings is 1. The van der Waals surface area contributed by atoms with Crippen molar-refractivity contribution in [2.45, 2.75) is 24.1 Å². The summed E-state index contributed by atoms with van der Waals surface area (Å²) in [5.41, 5.74) is -1.92. The maximum absolute atomic E-state index is 14.2. The number of hydrogen-bond donors (Lipinski definition) is 0. The van der Waals surface area contributed by atoms with Crippen molar-refractivity contribution in [3.05, 3.63) is 24.5 Å². The van der Waals surface area contributed by atoms with Crippen LogP contribution in [0.4, 0.5) is 10.1 Å². The fourth-order valence-electron chi connectivity index (χ4n) is 3.33. The summed E-state index contributed by atoms with van der Waals surface area (Å²) in [5.74, 6) is -0.671. The van der Waals surface area contributed by atoms with Gasteiger partial charge in [-0.05, 0) is 25.0 Å². The molecule has 0 aromatic carbocycles. The van der Waals surface area contributed by atoms with Gasteiger partial charge < -0.3 is 19.3 Å². The van der Waals surface area contributed by atoms with E-state index < -0.39 is 17.2 Å². The highest BCUT2D eigenvalue weighted by Gasteiger charge is 2.54. The van der Waals surface area contributed by atoms with E-state index >= 15 is 0 Å². The molecule has 1 saturated carbocycles. The van der Waals surface area contributed by atoms with E-state index in [-0.39, 0.29) is 45.1 Å². The number of alkyl halides is 1. The number of rotatable bonds is 2. The third-order valence-corrected chi connectivity index (χ3v) is 4.92. The van der Waals surface area contributed by atoms with Gasteiger partial charge in [-0.3, -0.25) is 14.6 Å². The second kappa shape index (κ2) is 6.03. The van der Waals surface area contributed by atoms with Gasteiger partial charge in [0.05, 0.1) is 38.2 Å². The van der Waals surface area contributed by atoms with E-state index in [1.165, 1.54) is 4.90 Å². The summed E-state index contributed by atoms with van der Waals surface area (Å²) >= 11 is 0. The van der Waals surface area contributed by atoms with E-state index in [2.05, 4.69) is 4.98 Å². The van der Waals surface area contributed by atoms with Gasteiger partial charge in [-0.25, -0.2) is 4.39 Å². The zero-order chi connectivity index (χ0) is 17.5. The van der Waals surface area contributed by atoms with Crippen molar-refractivity contribution >= 4 is 17.5 Å². The molecule has 1 aromatic heterocycles. The fourth-order valence-corrected chi connectivity index (χ4v) is 3.33. The quantitative estimate of drug-likeness (QED) is 0.780. The smallest absolute Gasteiger partial charge is 0.260 e. The van der Waals surface area contributed by atoms with Crippen molar-refractivity contribution in [3.63, 3.8) is 0 Å². The second-order valence-electron chi connectivity index (χ2n) is 6.91. The van der Waals surface area contributed by atoms with Crippen LogP contribution in [0.3, 0.4) is 0 Å². The maximum Gasteiger partial charge on any atom is 0.260 e. The third-order valence-electron chi connectivity index (χ3n) is 4.92. The van der Waals surface area contributed by atoms with Gasteiger partial charge in [0.2, 0.25) is 0 Å². The molecular formula is C17H20FN3O4. The first-order chi connectivity index (χ1) is 12.0. The minimum Gasteiger partial charge on any atom is -0.376 e. The van der Waals surface area contributed by atoms with Crippen molar-refractivity contribution in [3.8, 4) is 0 Å². The SMILES string of the molecule is O=C1COC2(COCCN(C(=O)C3(F)CC3)C2)CN1c1cccnc1. The van der Waals surface area contributed by atoms with E-state index in [1.807, 2.05) is 0 Å². The lowest BCUT2D eigenvalue weighted by Crippen LogP contribution is -2.61. The summed E-state index contributed by atoms with van der Waals surface area (Å²) in [5, 5.41) is 0. The number of carbonyl (C=O) groups excluding carboxylic acids is 2. The fraction of sp³-hybridized carbons (Fsp3) is 0.588. The molecule has 2 saturated heterocycles. The molecule has 0 N–H and O–H groups in total. The number of anilines is 1. The lowest BCUT2D eigenvalue weighted by molar-refractivity contribution is -0.152. The van der Waals surface area contributed by atoms with Gasteiger partial charge in [0.25, 0.3) is 11.8 Å². The van der Waals surface area contributed by atoms with Crippen LogP contribution < -0.4 is 4.90 Å². The van der Waals surface area contributed by atoms with Gasteiger partial charge in [-0.2, -0.15) is 0 Å². The van der Waals surface area contributed by atoms with Crippen LogP contribution in [-0.2, 0) is 19.1 Å². The highest BCUT2D eigenvalue weighted by molar-refractivity contribution is 5.95. The van der Waals surface area contributed by atoms with E-state index in [0.29, 0.717) is 18.8 Å². The predicted molar refractivity (Wildman–Crippen MR) is 85.7 cm³/mol. The zero-order valence-corrected chi connectivity index (χ0v) is 13.8. The van der Waals surface area contributed by atoms with Crippen molar-refractivity contribution in [2.24, 2.45) is 0 Å². The standard InChI is InChI=1S/C17H20FN3O4/c18-17(3-4-17)15(23)20-6-7-24-12-16(10-20)11-21(14(22)9-25-16)13-2-1-5-19-8-13/h1-2,5,8H,3-4,6-7,9-12H2. The number of nitrogens with zero attached hydrogens (tertiary/aromatic N) is 3. The lowest BCUT2D eigenvalue weighted by Gasteiger charge is -2.43. The molecule has 0 radical (unpaired) electrons. The van der Waals surface area contributed by atoms with E-state index in [4.69, 9.17) is 9.47 Å². The van der Waals surface area contributed by atoms with Crippen LogP contribution in [0.5, 0.6) is 0 Å². The van der Waals surface area contributed by atoms with Crippen molar-refractivity contribution in [1.29, 1.82) is 0 Å². The third kappa shape index (κ3) is 3.11. The second-order valence-corrected chi connectivity index (χ2v) is 6.91. The monoisotopic (exact) mass is 349 g/mol. The molecule has 7 nitrogen and oxygen atoms in total. The van der Waals surface area contributed by atoms with Crippen LogP contribution >= 0.6 is 0 Å². The molecule has 2 aliphatic heterocycles. The molecule has 134 valence electrons. The molecular weight excluding hydrogens is 329 g/mol. The summed E-state index contributed by atoms with van der Waals surface area (Å²) in [6, 6.07) is 3.55. The number of ether oxygens (including phenoxy) is 2. The highest BCUT2D eigenvalue weighted by Crippen LogP contribution is 2.42. The topological polar surface area (TPSA) is 72.0 Å². The molecule has 0 bridgehead atoms. The number of carbonyl (C=O) groups is 2. The van der Waals surface area contributed by atoms with Crippen LogP contribution in [0.1, 0.15) is 12.8 Å². The summed E-state index contributed by atoms with van der Waals surface area (Å²) < 4.78 is 25.7. The van der Waals surface area contributed by atoms with E-state index in [0.717, 1.165) is 0 Å². The Bertz CT molecular complexity index is 682. The lowest BCUT2D eigenvalue weighted by atomic mass is 10.0. The van der Waals surface area contributed by atoms with Crippen LogP contribution in [0, 0.1) is 0 Å². The molecule has 1 spiro atoms. The first kappa shape index (κ1) is 16.4. The van der Waals surface area contributed by atoms with Crippen molar-refractivity contribution in [1.82, 2.24) is 9.88 Å². The van der Waals surface area contributed by atoms with Crippen molar-refractivity contribution < 1.29 is 23.5 Å². The van der Waals surface area contributed by atoms with E-state index in [1.54, 1.807) is 29.4 Å². The molecule has 1 unspecified atom stereocenters. The Kier molecular flexibility index (Phi) is 3.96. The first-order valence-corrected chi connectivity index (χ1v) is 8.42. The molecule has 3 fully saturated rings. The Labute approximate surface area is 144 Å². The molecule has 4 rings (SSSR count). The van der Waals surface area contributed by atoms with Crippen molar-refractivity contribution in [2.75, 3.05) is 44.4 Å². The number of amides is 2. The molecule has 1 aliphatic carbocycles. The van der Waals surface area contributed by atoms with Crippen LogP contribution in [0.25, 0.3) is 0 Å². The normalized spacial score (nSPS) is 28.8. The summed E-state index contributed by atoms with van der Waals surface area (Å²) in [7, 11) is 0. The molecule has 25 heavy (non-hydrogen) atoms. The molecule has 8 heteroatoms. The van der Waals surface area contributed by atoms with Crippen LogP contribution in [0.15, 0.2) is 24.5 Å². The van der Waals surface area contributed by atoms with Gasteiger partial charge in [0.1, 0.15) is 12.2 Å². The number of hydrogen-bond acceptors (Lipinski definition) is 5.